The number of Topliss-reactive ketones (excluding diaryl/α,β-unsaturated/α-hetero) is 1. The number of azo groups is 4. The van der Waals surface area contributed by atoms with Crippen LogP contribution in [0.2, 0.25) is 0 Å². The quantitative estimate of drug-likeness (QED) is 0.00914. The number of carbonyl (C=O) groups excluding carboxylic acids is 6. The van der Waals surface area contributed by atoms with E-state index in [1.54, 1.807) is 60.7 Å². The Balaban J connectivity index is 0.000000312. The number of hydrogen-bond donors (Lipinski definition) is 4. The predicted molar refractivity (Wildman–Crippen MR) is 494 cm³/mol. The summed E-state index contributed by atoms with van der Waals surface area (Å²) in [6, 6.07) is 33.1. The molecule has 134 heavy (non-hydrogen) atoms. The molecule has 35 nitrogen and oxygen atoms in total. The first kappa shape index (κ1) is 103. The van der Waals surface area contributed by atoms with Crippen LogP contribution in [0.3, 0.4) is 0 Å². The molecule has 4 aromatic carbocycles. The van der Waals surface area contributed by atoms with E-state index < -0.39 is 76.0 Å². The Morgan fingerprint density at radius 3 is 0.940 bits per heavy atom. The monoisotopic (exact) mass is 1830 g/mol. The molecule has 0 aliphatic heterocycles. The molecule has 2 aliphatic rings. The maximum absolute atomic E-state index is 13.8. The lowest BCUT2D eigenvalue weighted by atomic mass is 9.75. The first-order chi connectivity index (χ1) is 64.2. The molecular formula is C99H114N16O19. The number of methoxy groups -OCH3 is 2. The van der Waals surface area contributed by atoms with Gasteiger partial charge in [0.25, 0.3) is 22.2 Å². The lowest BCUT2D eigenvalue weighted by molar-refractivity contribution is -0.146. The Morgan fingerprint density at radius 2 is 0.657 bits per heavy atom. The van der Waals surface area contributed by atoms with E-state index in [2.05, 4.69) is 82.5 Å². The number of ether oxygens (including phenoxy) is 5. The van der Waals surface area contributed by atoms with E-state index in [0.29, 0.717) is 36.5 Å². The Labute approximate surface area is 775 Å². The molecule has 4 aromatic heterocycles. The smallest absolute Gasteiger partial charge is 0.340 e. The van der Waals surface area contributed by atoms with E-state index in [4.69, 9.17) is 23.7 Å². The standard InChI is InChI=1S/C57H68N8O11.C42H46N8O8/c1-32(2)39-22-20-34(5)27-47(39)75-56(72)41-16-9-11-18-45(41)60-62-50-43(30-58)36(7)52(68)64(54(50)70)24-13-15-38(66)29-49(67)74-26-14-25-65-53(69)37(8)44(31-59)51(55(65)71)63-61-46-19-12-10-17-42(46)57(73)76-48-28-35(6)21-23-40(48)33(3)4;1-27-31(25-43)35(47-45-33-21-15-13-19-29(33)41(55)57-3)39(53)49(37(27)51)23-17-11-9-7-5-6-8-10-12-18-24-50-38(52)28(2)32(26-44)36(40(50)54)48-46-34-22-16-14-20-30(34)42(56)58-4/h9-12,16-19,32-35,39-40,47-48,68-69H,13-15,20-29H2,1-8H3;13-16,19-22,51-52H,5-12,17-18,23-24H2,1-4H3. The van der Waals surface area contributed by atoms with Crippen LogP contribution in [-0.4, -0.2) is 107 Å². The van der Waals surface area contributed by atoms with Crippen LogP contribution < -0.4 is 22.2 Å². The zero-order chi connectivity index (χ0) is 97.6. The molecule has 2 saturated carbocycles. The summed E-state index contributed by atoms with van der Waals surface area (Å²) in [5, 5.41) is 116. The van der Waals surface area contributed by atoms with E-state index in [0.717, 1.165) is 99.0 Å². The number of nitriles is 4. The lowest BCUT2D eigenvalue weighted by Gasteiger charge is -2.36. The second kappa shape index (κ2) is 49.5. The predicted octanol–water partition coefficient (Wildman–Crippen LogP) is 20.0. The number of hydrogen-bond acceptors (Lipinski definition) is 31. The van der Waals surface area contributed by atoms with Crippen molar-refractivity contribution in [3.8, 4) is 47.8 Å². The van der Waals surface area contributed by atoms with Gasteiger partial charge in [0.05, 0.1) is 65.3 Å². The molecule has 0 spiro atoms. The number of benzene rings is 4. The topological polar surface area (TPSA) is 512 Å². The fourth-order valence-electron chi connectivity index (χ4n) is 16.6. The molecule has 8 aromatic rings. The number of nitrogens with zero attached hydrogens (tertiary/aromatic N) is 16. The highest BCUT2D eigenvalue weighted by Crippen LogP contribution is 2.41. The van der Waals surface area contributed by atoms with Crippen LogP contribution in [0, 0.1) is 109 Å². The summed E-state index contributed by atoms with van der Waals surface area (Å²) >= 11 is 0. The number of rotatable bonds is 39. The van der Waals surface area contributed by atoms with Gasteiger partial charge in [-0.3, -0.25) is 47.0 Å². The number of aromatic nitrogens is 4. The number of esters is 5. The highest BCUT2D eigenvalue weighted by atomic mass is 16.6. The molecule has 4 heterocycles. The van der Waals surface area contributed by atoms with Gasteiger partial charge in [-0.25, -0.2) is 19.2 Å². The van der Waals surface area contributed by atoms with Crippen LogP contribution in [0.25, 0.3) is 0 Å². The van der Waals surface area contributed by atoms with Crippen molar-refractivity contribution in [1.29, 1.82) is 21.0 Å². The Hall–Kier alpha value is -14.7. The highest BCUT2D eigenvalue weighted by Gasteiger charge is 2.37. The van der Waals surface area contributed by atoms with Crippen LogP contribution in [-0.2, 0) is 59.5 Å². The molecule has 35 heteroatoms. The number of carbonyl (C=O) groups is 6. The second-order valence-electron chi connectivity index (χ2n) is 34.3. The second-order valence-corrected chi connectivity index (χ2v) is 34.3. The SMILES string of the molecule is COC(=O)c1ccccc1N=Nc1c(C#N)c(C)c(O)n(CCCCCCCCCCCCn2c(O)c(C)c(C#N)c(N=Nc3ccccc3C(=O)OC)c2=O)c1=O.Cc1c(C#N)c(N=Nc2ccccc2C(=O)OC2CC(C)CCC2C(C)C)c(=O)n(CCCOC(=O)CC(=O)CCCn2c(O)c(C)c(C#N)c(N=Nc3ccccc3C(=O)OC3CC(C)CCC3C(C)C)c2=O)c1O. The van der Waals surface area contributed by atoms with Crippen molar-refractivity contribution in [3.05, 3.63) is 205 Å². The lowest BCUT2D eigenvalue weighted by Crippen LogP contribution is -2.35. The van der Waals surface area contributed by atoms with Crippen molar-refractivity contribution in [2.75, 3.05) is 20.8 Å². The normalized spacial score (nSPS) is 16.0. The van der Waals surface area contributed by atoms with Crippen molar-refractivity contribution in [1.82, 2.24) is 18.3 Å². The summed E-state index contributed by atoms with van der Waals surface area (Å²) in [5.74, 6) is -3.57. The minimum atomic E-state index is -0.865. The summed E-state index contributed by atoms with van der Waals surface area (Å²) in [4.78, 5) is 131. The minimum absolute atomic E-state index is 0.00142. The minimum Gasteiger partial charge on any atom is -0.494 e. The molecule has 6 atom stereocenters. The van der Waals surface area contributed by atoms with E-state index >= 15 is 0 Å². The number of unbranched alkanes of at least 4 members (excludes halogenated alkanes) is 9. The van der Waals surface area contributed by atoms with Gasteiger partial charge in [-0.1, -0.05) is 154 Å². The number of aromatic hydroxyl groups is 4. The Bertz CT molecular complexity index is 6060. The summed E-state index contributed by atoms with van der Waals surface area (Å²) in [6.07, 6.45) is 12.9. The molecule has 0 bridgehead atoms. The zero-order valence-corrected chi connectivity index (χ0v) is 77.6. The van der Waals surface area contributed by atoms with Gasteiger partial charge in [-0.05, 0) is 163 Å². The van der Waals surface area contributed by atoms with Crippen LogP contribution in [0.5, 0.6) is 23.5 Å². The van der Waals surface area contributed by atoms with Gasteiger partial charge in [0, 0.05) is 54.9 Å². The first-order valence-corrected chi connectivity index (χ1v) is 45.0. The maximum Gasteiger partial charge on any atom is 0.340 e. The van der Waals surface area contributed by atoms with Crippen molar-refractivity contribution in [3.63, 3.8) is 0 Å². The molecule has 0 radical (unpaired) electrons. The Kier molecular flexibility index (Phi) is 38.0. The van der Waals surface area contributed by atoms with Crippen LogP contribution in [0.15, 0.2) is 157 Å². The van der Waals surface area contributed by atoms with Crippen LogP contribution in [0.1, 0.15) is 256 Å². The molecule has 2 aliphatic carbocycles. The third kappa shape index (κ3) is 25.9. The molecule has 704 valence electrons. The van der Waals surface area contributed by atoms with Gasteiger partial charge in [-0.2, -0.15) is 21.0 Å². The summed E-state index contributed by atoms with van der Waals surface area (Å²) in [6.45, 7) is 18.5. The third-order valence-electron chi connectivity index (χ3n) is 24.4. The first-order valence-electron chi connectivity index (χ1n) is 45.0. The van der Waals surface area contributed by atoms with E-state index in [-0.39, 0.29) is 200 Å². The maximum atomic E-state index is 13.8. The molecule has 4 N–H and O–H groups in total. The number of ketones is 1. The fourth-order valence-corrected chi connectivity index (χ4v) is 16.6. The largest absolute Gasteiger partial charge is 0.494 e. The van der Waals surface area contributed by atoms with E-state index in [1.807, 2.05) is 24.3 Å². The molecule has 0 saturated heterocycles. The molecule has 0 amide bonds. The van der Waals surface area contributed by atoms with Gasteiger partial charge in [0.1, 0.15) is 71.4 Å². The third-order valence-corrected chi connectivity index (χ3v) is 24.4. The molecule has 10 rings (SSSR count). The van der Waals surface area contributed by atoms with Crippen molar-refractivity contribution in [2.24, 2.45) is 76.4 Å². The van der Waals surface area contributed by atoms with Crippen LogP contribution >= 0.6 is 0 Å². The van der Waals surface area contributed by atoms with Gasteiger partial charge < -0.3 is 44.1 Å². The highest BCUT2D eigenvalue weighted by molar-refractivity contribution is 5.97. The molecular weight excluding hydrogens is 1720 g/mol. The average molecular weight is 1830 g/mol. The van der Waals surface area contributed by atoms with Gasteiger partial charge in [0.2, 0.25) is 0 Å². The van der Waals surface area contributed by atoms with E-state index in [1.165, 1.54) is 87.4 Å². The summed E-state index contributed by atoms with van der Waals surface area (Å²) < 4.78 is 31.2. The molecule has 6 unspecified atom stereocenters. The van der Waals surface area contributed by atoms with Crippen LogP contribution in [0.4, 0.5) is 45.5 Å². The van der Waals surface area contributed by atoms with Crippen molar-refractivity contribution in [2.45, 2.75) is 236 Å². The van der Waals surface area contributed by atoms with Crippen molar-refractivity contribution >= 4 is 81.1 Å². The molecule has 2 fully saturated rings. The average Bonchev–Trinajstić information content (AvgIpc) is 0.791. The fraction of sp³-hybridized carbons (Fsp3) is 0.455. The van der Waals surface area contributed by atoms with Gasteiger partial charge in [0.15, 0.2) is 46.3 Å². The van der Waals surface area contributed by atoms with Crippen molar-refractivity contribution < 1.29 is 72.9 Å². The summed E-state index contributed by atoms with van der Waals surface area (Å²) in [5.41, 5.74) is -3.22. The number of pyridine rings is 4. The van der Waals surface area contributed by atoms with Gasteiger partial charge >= 0.3 is 29.8 Å². The van der Waals surface area contributed by atoms with Gasteiger partial charge in [-0.15, -0.1) is 40.9 Å². The Morgan fingerprint density at radius 1 is 0.388 bits per heavy atom. The zero-order valence-electron chi connectivity index (χ0n) is 77.6. The van der Waals surface area contributed by atoms with E-state index in [9.17, 15) is 89.4 Å². The summed E-state index contributed by atoms with van der Waals surface area (Å²) in [7, 11) is 2.48.